The Morgan fingerprint density at radius 2 is 2.00 bits per heavy atom. The maximum atomic E-state index is 13.3. The van der Waals surface area contributed by atoms with Crippen molar-refractivity contribution >= 4 is 11.5 Å². The molecule has 23 heavy (non-hydrogen) atoms. The molecular formula is C18H17F2NO2. The van der Waals surface area contributed by atoms with E-state index in [1.165, 1.54) is 36.4 Å². The van der Waals surface area contributed by atoms with Gasteiger partial charge in [0.1, 0.15) is 11.6 Å². The number of hydrogen-bond donors (Lipinski definition) is 2. The van der Waals surface area contributed by atoms with Gasteiger partial charge in [-0.1, -0.05) is 18.2 Å². The third-order valence-electron chi connectivity index (χ3n) is 3.37. The molecule has 0 aliphatic rings. The zero-order chi connectivity index (χ0) is 16.8. The van der Waals surface area contributed by atoms with Gasteiger partial charge in [0, 0.05) is 18.2 Å². The van der Waals surface area contributed by atoms with Gasteiger partial charge < -0.3 is 10.4 Å². The van der Waals surface area contributed by atoms with Crippen molar-refractivity contribution in [2.24, 2.45) is 0 Å². The molecule has 0 spiro atoms. The van der Waals surface area contributed by atoms with Crippen molar-refractivity contribution in [1.29, 1.82) is 0 Å². The van der Waals surface area contributed by atoms with Gasteiger partial charge in [-0.15, -0.1) is 0 Å². The SMILES string of the molecule is C/C(=C/C(=O)NCc1ccc(F)c(CO)c1)c1cccc(F)c1. The average Bonchev–Trinajstić information content (AvgIpc) is 2.54. The fourth-order valence-electron chi connectivity index (χ4n) is 2.11. The summed E-state index contributed by atoms with van der Waals surface area (Å²) in [5.41, 5.74) is 2.13. The minimum atomic E-state index is -0.482. The number of nitrogens with one attached hydrogen (secondary N) is 1. The number of hydrogen-bond acceptors (Lipinski definition) is 2. The lowest BCUT2D eigenvalue weighted by molar-refractivity contribution is -0.116. The lowest BCUT2D eigenvalue weighted by atomic mass is 10.1. The molecule has 0 bridgehead atoms. The van der Waals surface area contributed by atoms with Crippen LogP contribution in [0.15, 0.2) is 48.5 Å². The Kier molecular flexibility index (Phi) is 5.60. The van der Waals surface area contributed by atoms with Crippen LogP contribution in [-0.4, -0.2) is 11.0 Å². The van der Waals surface area contributed by atoms with Crippen molar-refractivity contribution in [3.8, 4) is 0 Å². The van der Waals surface area contributed by atoms with Crippen LogP contribution in [0.1, 0.15) is 23.6 Å². The van der Waals surface area contributed by atoms with Gasteiger partial charge in [0.05, 0.1) is 6.61 Å². The summed E-state index contributed by atoms with van der Waals surface area (Å²) in [5.74, 6) is -1.18. The molecule has 0 unspecified atom stereocenters. The molecule has 0 aliphatic carbocycles. The minimum Gasteiger partial charge on any atom is -0.392 e. The van der Waals surface area contributed by atoms with E-state index >= 15 is 0 Å². The molecule has 0 fully saturated rings. The maximum Gasteiger partial charge on any atom is 0.244 e. The van der Waals surface area contributed by atoms with Crippen LogP contribution in [0.4, 0.5) is 8.78 Å². The third kappa shape index (κ3) is 4.72. The van der Waals surface area contributed by atoms with Crippen LogP contribution in [0.2, 0.25) is 0 Å². The van der Waals surface area contributed by atoms with E-state index in [0.717, 1.165) is 0 Å². The van der Waals surface area contributed by atoms with Crippen LogP contribution in [0.3, 0.4) is 0 Å². The minimum absolute atomic E-state index is 0.184. The molecule has 5 heteroatoms. The number of amides is 1. The van der Waals surface area contributed by atoms with Gasteiger partial charge in [0.25, 0.3) is 0 Å². The summed E-state index contributed by atoms with van der Waals surface area (Å²) < 4.78 is 26.4. The van der Waals surface area contributed by atoms with Crippen molar-refractivity contribution in [1.82, 2.24) is 5.32 Å². The Balaban J connectivity index is 2.01. The highest BCUT2D eigenvalue weighted by molar-refractivity contribution is 5.94. The monoisotopic (exact) mass is 317 g/mol. The molecule has 0 aliphatic heterocycles. The van der Waals surface area contributed by atoms with E-state index in [-0.39, 0.29) is 23.8 Å². The first kappa shape index (κ1) is 16.8. The molecule has 0 atom stereocenters. The Morgan fingerprint density at radius 1 is 1.22 bits per heavy atom. The predicted molar refractivity (Wildman–Crippen MR) is 84.2 cm³/mol. The van der Waals surface area contributed by atoms with Crippen molar-refractivity contribution < 1.29 is 18.7 Å². The Morgan fingerprint density at radius 3 is 2.70 bits per heavy atom. The van der Waals surface area contributed by atoms with Crippen LogP contribution < -0.4 is 5.32 Å². The van der Waals surface area contributed by atoms with Crippen molar-refractivity contribution in [3.05, 3.63) is 76.9 Å². The van der Waals surface area contributed by atoms with Gasteiger partial charge in [0.15, 0.2) is 0 Å². The van der Waals surface area contributed by atoms with Gasteiger partial charge in [-0.25, -0.2) is 8.78 Å². The number of carbonyl (C=O) groups excluding carboxylic acids is 1. The second-order valence-corrected chi connectivity index (χ2v) is 5.14. The molecule has 2 aromatic rings. The number of aliphatic hydroxyl groups is 1. The molecule has 0 saturated carbocycles. The smallest absolute Gasteiger partial charge is 0.244 e. The standard InChI is InChI=1S/C18H17F2NO2/c1-12(14-3-2-4-16(19)9-14)7-18(23)21-10-13-5-6-17(20)15(8-13)11-22/h2-9,22H,10-11H2,1H3,(H,21,23)/b12-7-. The summed E-state index contributed by atoms with van der Waals surface area (Å²) in [6, 6.07) is 10.3. The van der Waals surface area contributed by atoms with Gasteiger partial charge in [-0.2, -0.15) is 0 Å². The number of benzene rings is 2. The molecule has 0 heterocycles. The van der Waals surface area contributed by atoms with Crippen molar-refractivity contribution in [2.45, 2.75) is 20.1 Å². The molecule has 0 saturated heterocycles. The van der Waals surface area contributed by atoms with Crippen LogP contribution >= 0.6 is 0 Å². The Bertz CT molecular complexity index is 742. The summed E-state index contributed by atoms with van der Waals surface area (Å²) in [6.45, 7) is 1.53. The van der Waals surface area contributed by atoms with Crippen LogP contribution in [0.5, 0.6) is 0 Å². The van der Waals surface area contributed by atoms with E-state index in [1.807, 2.05) is 0 Å². The van der Waals surface area contributed by atoms with Gasteiger partial charge >= 0.3 is 0 Å². The van der Waals surface area contributed by atoms with Gasteiger partial charge in [0.2, 0.25) is 5.91 Å². The summed E-state index contributed by atoms with van der Waals surface area (Å²) in [5, 5.41) is 11.7. The topological polar surface area (TPSA) is 49.3 Å². The van der Waals surface area contributed by atoms with Crippen molar-refractivity contribution in [2.75, 3.05) is 0 Å². The normalized spacial score (nSPS) is 11.4. The fourth-order valence-corrected chi connectivity index (χ4v) is 2.11. The fraction of sp³-hybridized carbons (Fsp3) is 0.167. The number of carbonyl (C=O) groups is 1. The number of rotatable bonds is 5. The average molecular weight is 317 g/mol. The van der Waals surface area contributed by atoms with Crippen LogP contribution in [0, 0.1) is 11.6 Å². The number of allylic oxidation sites excluding steroid dienone is 1. The number of halogens is 2. The zero-order valence-electron chi connectivity index (χ0n) is 12.6. The molecule has 0 radical (unpaired) electrons. The molecule has 1 amide bonds. The van der Waals surface area contributed by atoms with Gasteiger partial charge in [-0.05, 0) is 47.9 Å². The summed E-state index contributed by atoms with van der Waals surface area (Å²) in [4.78, 5) is 11.9. The van der Waals surface area contributed by atoms with Crippen LogP contribution in [-0.2, 0) is 17.9 Å². The van der Waals surface area contributed by atoms with E-state index in [4.69, 9.17) is 5.11 Å². The highest BCUT2D eigenvalue weighted by atomic mass is 19.1. The van der Waals surface area contributed by atoms with E-state index in [9.17, 15) is 13.6 Å². The Hall–Kier alpha value is -2.53. The summed E-state index contributed by atoms with van der Waals surface area (Å²) >= 11 is 0. The largest absolute Gasteiger partial charge is 0.392 e. The molecular weight excluding hydrogens is 300 g/mol. The quantitative estimate of drug-likeness (QED) is 0.832. The zero-order valence-corrected chi connectivity index (χ0v) is 12.6. The van der Waals surface area contributed by atoms with Crippen LogP contribution in [0.25, 0.3) is 5.57 Å². The first-order valence-corrected chi connectivity index (χ1v) is 7.10. The van der Waals surface area contributed by atoms with E-state index in [0.29, 0.717) is 16.7 Å². The highest BCUT2D eigenvalue weighted by Gasteiger charge is 2.05. The van der Waals surface area contributed by atoms with E-state index < -0.39 is 12.4 Å². The lowest BCUT2D eigenvalue weighted by Crippen LogP contribution is -2.20. The predicted octanol–water partition coefficient (Wildman–Crippen LogP) is 3.18. The number of aliphatic hydroxyl groups excluding tert-OH is 1. The lowest BCUT2D eigenvalue weighted by Gasteiger charge is -2.07. The Labute approximate surface area is 133 Å². The molecule has 3 nitrogen and oxygen atoms in total. The summed E-state index contributed by atoms with van der Waals surface area (Å²) in [6.07, 6.45) is 1.38. The summed E-state index contributed by atoms with van der Waals surface area (Å²) in [7, 11) is 0. The second-order valence-electron chi connectivity index (χ2n) is 5.14. The molecule has 0 aromatic heterocycles. The molecule has 2 N–H and O–H groups in total. The molecule has 2 rings (SSSR count). The van der Waals surface area contributed by atoms with E-state index in [1.54, 1.807) is 19.1 Å². The second kappa shape index (κ2) is 7.65. The first-order valence-electron chi connectivity index (χ1n) is 7.10. The van der Waals surface area contributed by atoms with Gasteiger partial charge in [-0.3, -0.25) is 4.79 Å². The molecule has 120 valence electrons. The molecule has 2 aromatic carbocycles. The highest BCUT2D eigenvalue weighted by Crippen LogP contribution is 2.14. The maximum absolute atomic E-state index is 13.3. The van der Waals surface area contributed by atoms with Crippen molar-refractivity contribution in [3.63, 3.8) is 0 Å². The van der Waals surface area contributed by atoms with E-state index in [2.05, 4.69) is 5.32 Å². The first-order chi connectivity index (χ1) is 11.0. The third-order valence-corrected chi connectivity index (χ3v) is 3.37.